The molecule has 1 fully saturated rings. The Balaban J connectivity index is 2.30. The molecule has 2 N–H and O–H groups in total. The second-order valence-electron chi connectivity index (χ2n) is 4.36. The molecule has 0 aromatic rings. The van der Waals surface area contributed by atoms with Gasteiger partial charge in [0.05, 0.1) is 6.54 Å². The molecule has 0 aliphatic carbocycles. The fourth-order valence-corrected chi connectivity index (χ4v) is 2.93. The molecule has 4 heteroatoms. The third-order valence-electron chi connectivity index (χ3n) is 2.15. The van der Waals surface area contributed by atoms with Crippen molar-refractivity contribution < 1.29 is 9.90 Å². The van der Waals surface area contributed by atoms with Gasteiger partial charge in [-0.1, -0.05) is 13.8 Å². The number of hydrogen-bond acceptors (Lipinski definition) is 3. The smallest absolute Gasteiger partial charge is 0.317 e. The van der Waals surface area contributed by atoms with Gasteiger partial charge in [0.2, 0.25) is 0 Å². The molecule has 0 spiro atoms. The minimum absolute atomic E-state index is 0.0846. The Kier molecular flexibility index (Phi) is 3.62. The number of hydrogen-bond donors (Lipinski definition) is 2. The van der Waals surface area contributed by atoms with Gasteiger partial charge >= 0.3 is 5.97 Å². The molecule has 13 heavy (non-hydrogen) atoms. The Morgan fingerprint density at radius 3 is 2.92 bits per heavy atom. The van der Waals surface area contributed by atoms with E-state index in [1.165, 1.54) is 5.75 Å². The average molecular weight is 203 g/mol. The molecule has 0 aromatic heterocycles. The van der Waals surface area contributed by atoms with Crippen molar-refractivity contribution in [1.82, 2.24) is 5.32 Å². The molecule has 0 bridgehead atoms. The minimum atomic E-state index is -0.770. The quantitative estimate of drug-likeness (QED) is 0.723. The van der Waals surface area contributed by atoms with Crippen LogP contribution in [0.3, 0.4) is 0 Å². The van der Waals surface area contributed by atoms with Crippen molar-refractivity contribution in [2.75, 3.05) is 18.1 Å². The Morgan fingerprint density at radius 2 is 2.38 bits per heavy atom. The maximum atomic E-state index is 10.3. The van der Waals surface area contributed by atoms with Gasteiger partial charge in [-0.15, -0.1) is 0 Å². The van der Waals surface area contributed by atoms with Crippen LogP contribution in [-0.4, -0.2) is 35.2 Å². The van der Waals surface area contributed by atoms with E-state index in [9.17, 15) is 4.79 Å². The summed E-state index contributed by atoms with van der Waals surface area (Å²) >= 11 is 1.91. The lowest BCUT2D eigenvalue weighted by Crippen LogP contribution is -2.42. The molecule has 0 amide bonds. The van der Waals surface area contributed by atoms with E-state index in [1.54, 1.807) is 0 Å². The van der Waals surface area contributed by atoms with Gasteiger partial charge in [-0.3, -0.25) is 4.79 Å². The number of thioether (sulfide) groups is 1. The minimum Gasteiger partial charge on any atom is -0.480 e. The van der Waals surface area contributed by atoms with Crippen LogP contribution in [0.25, 0.3) is 0 Å². The van der Waals surface area contributed by atoms with E-state index in [0.29, 0.717) is 11.5 Å². The van der Waals surface area contributed by atoms with Crippen LogP contribution >= 0.6 is 11.8 Å². The van der Waals surface area contributed by atoms with Crippen molar-refractivity contribution >= 4 is 17.7 Å². The van der Waals surface area contributed by atoms with Gasteiger partial charge in [0.1, 0.15) is 0 Å². The Bertz CT molecular complexity index is 194. The van der Waals surface area contributed by atoms with Crippen LogP contribution < -0.4 is 5.32 Å². The monoisotopic (exact) mass is 203 g/mol. The van der Waals surface area contributed by atoms with E-state index < -0.39 is 5.97 Å². The molecule has 1 aliphatic heterocycles. The maximum Gasteiger partial charge on any atom is 0.317 e. The summed E-state index contributed by atoms with van der Waals surface area (Å²) in [6.45, 7) is 4.55. The largest absolute Gasteiger partial charge is 0.480 e. The summed E-state index contributed by atoms with van der Waals surface area (Å²) in [5, 5.41) is 11.6. The van der Waals surface area contributed by atoms with Crippen molar-refractivity contribution in [3.8, 4) is 0 Å². The van der Waals surface area contributed by atoms with Gasteiger partial charge in [-0.05, 0) is 17.6 Å². The van der Waals surface area contributed by atoms with Gasteiger partial charge in [-0.25, -0.2) is 0 Å². The third kappa shape index (κ3) is 4.00. The molecule has 1 aliphatic rings. The van der Waals surface area contributed by atoms with Gasteiger partial charge < -0.3 is 10.4 Å². The van der Waals surface area contributed by atoms with Gasteiger partial charge in [-0.2, -0.15) is 11.8 Å². The summed E-state index contributed by atoms with van der Waals surface area (Å²) in [6.07, 6.45) is 1.08. The van der Waals surface area contributed by atoms with E-state index >= 15 is 0 Å². The summed E-state index contributed by atoms with van der Waals surface area (Å²) in [4.78, 5) is 10.3. The van der Waals surface area contributed by atoms with E-state index in [0.717, 1.165) is 12.2 Å². The van der Waals surface area contributed by atoms with Crippen molar-refractivity contribution in [1.29, 1.82) is 0 Å². The zero-order chi connectivity index (χ0) is 9.90. The fraction of sp³-hybridized carbons (Fsp3) is 0.889. The standard InChI is InChI=1S/C9H17NO2S/c1-9(2)3-7(5-13-6-9)10-4-8(11)12/h7,10H,3-6H2,1-2H3,(H,11,12). The molecule has 1 rings (SSSR count). The molecule has 1 unspecified atom stereocenters. The molecule has 0 aromatic carbocycles. The first-order chi connectivity index (χ1) is 5.99. The van der Waals surface area contributed by atoms with E-state index in [-0.39, 0.29) is 6.54 Å². The van der Waals surface area contributed by atoms with Crippen LogP contribution in [0.5, 0.6) is 0 Å². The summed E-state index contributed by atoms with van der Waals surface area (Å²) < 4.78 is 0. The highest BCUT2D eigenvalue weighted by Crippen LogP contribution is 2.33. The molecule has 1 atom stereocenters. The molecule has 1 saturated heterocycles. The normalized spacial score (nSPS) is 27.1. The van der Waals surface area contributed by atoms with Gasteiger partial charge in [0, 0.05) is 11.8 Å². The number of nitrogens with one attached hydrogen (secondary N) is 1. The second kappa shape index (κ2) is 4.33. The highest BCUT2D eigenvalue weighted by atomic mass is 32.2. The third-order valence-corrected chi connectivity index (χ3v) is 3.78. The second-order valence-corrected chi connectivity index (χ2v) is 5.39. The maximum absolute atomic E-state index is 10.3. The number of carboxylic acids is 1. The predicted octanol–water partition coefficient (Wildman–Crippen LogP) is 1.19. The highest BCUT2D eigenvalue weighted by molar-refractivity contribution is 7.99. The molecular weight excluding hydrogens is 186 g/mol. The zero-order valence-electron chi connectivity index (χ0n) is 8.17. The Labute approximate surface area is 83.3 Å². The van der Waals surface area contributed by atoms with E-state index in [4.69, 9.17) is 5.11 Å². The molecule has 0 radical (unpaired) electrons. The summed E-state index contributed by atoms with van der Waals surface area (Å²) in [5.41, 5.74) is 0.346. The molecular formula is C9H17NO2S. The van der Waals surface area contributed by atoms with E-state index in [2.05, 4.69) is 19.2 Å². The molecule has 0 saturated carbocycles. The summed E-state index contributed by atoms with van der Waals surface area (Å²) in [5.74, 6) is 1.45. The zero-order valence-corrected chi connectivity index (χ0v) is 8.99. The Hall–Kier alpha value is -0.220. The van der Waals surface area contributed by atoms with Crippen LogP contribution in [0.4, 0.5) is 0 Å². The number of rotatable bonds is 3. The SMILES string of the molecule is CC1(C)CSCC(NCC(=O)O)C1. The van der Waals surface area contributed by atoms with Crippen molar-refractivity contribution in [2.45, 2.75) is 26.3 Å². The summed E-state index contributed by atoms with van der Waals surface area (Å²) in [7, 11) is 0. The fourth-order valence-electron chi connectivity index (χ4n) is 1.63. The number of aliphatic carboxylic acids is 1. The summed E-state index contributed by atoms with van der Waals surface area (Å²) in [6, 6.07) is 0.366. The predicted molar refractivity (Wildman–Crippen MR) is 55.1 cm³/mol. The molecule has 76 valence electrons. The van der Waals surface area contributed by atoms with Crippen molar-refractivity contribution in [3.63, 3.8) is 0 Å². The van der Waals surface area contributed by atoms with Crippen LogP contribution in [0.1, 0.15) is 20.3 Å². The van der Waals surface area contributed by atoms with Gasteiger partial charge in [0.25, 0.3) is 0 Å². The van der Waals surface area contributed by atoms with E-state index in [1.807, 2.05) is 11.8 Å². The van der Waals surface area contributed by atoms with Crippen molar-refractivity contribution in [3.05, 3.63) is 0 Å². The Morgan fingerprint density at radius 1 is 1.69 bits per heavy atom. The van der Waals surface area contributed by atoms with Crippen LogP contribution in [0, 0.1) is 5.41 Å². The first-order valence-electron chi connectivity index (χ1n) is 4.52. The van der Waals surface area contributed by atoms with Crippen LogP contribution in [0.15, 0.2) is 0 Å². The van der Waals surface area contributed by atoms with Crippen LogP contribution in [-0.2, 0) is 4.79 Å². The lowest BCUT2D eigenvalue weighted by atomic mass is 9.88. The average Bonchev–Trinajstić information content (AvgIpc) is 1.99. The lowest BCUT2D eigenvalue weighted by molar-refractivity contribution is -0.136. The van der Waals surface area contributed by atoms with Gasteiger partial charge in [0.15, 0.2) is 0 Å². The van der Waals surface area contributed by atoms with Crippen molar-refractivity contribution in [2.24, 2.45) is 5.41 Å². The molecule has 1 heterocycles. The first-order valence-corrected chi connectivity index (χ1v) is 5.68. The topological polar surface area (TPSA) is 49.3 Å². The first kappa shape index (κ1) is 10.9. The van der Waals surface area contributed by atoms with Crippen LogP contribution in [0.2, 0.25) is 0 Å². The molecule has 3 nitrogen and oxygen atoms in total. The lowest BCUT2D eigenvalue weighted by Gasteiger charge is -2.34. The number of carboxylic acid groups (broad SMARTS) is 1. The number of carbonyl (C=O) groups is 1. The highest BCUT2D eigenvalue weighted by Gasteiger charge is 2.28.